The molecule has 7 heteroatoms. The number of ether oxygens (including phenoxy) is 1. The number of carbonyl (C=O) groups is 1. The second-order valence-corrected chi connectivity index (χ2v) is 11.1. The van der Waals surface area contributed by atoms with Crippen molar-refractivity contribution in [1.82, 2.24) is 19.8 Å². The Morgan fingerprint density at radius 2 is 1.68 bits per heavy atom. The Labute approximate surface area is 241 Å². The highest BCUT2D eigenvalue weighted by Gasteiger charge is 2.46. The van der Waals surface area contributed by atoms with Gasteiger partial charge in [-0.25, -0.2) is 4.98 Å². The Hall–Kier alpha value is -4.41. The highest BCUT2D eigenvalue weighted by atomic mass is 16.5. The summed E-state index contributed by atoms with van der Waals surface area (Å²) in [6.45, 7) is 2.97. The summed E-state index contributed by atoms with van der Waals surface area (Å²) in [6.07, 6.45) is 8.28. The number of hydrogen-bond acceptors (Lipinski definition) is 5. The van der Waals surface area contributed by atoms with Gasteiger partial charge in [0, 0.05) is 32.4 Å². The predicted molar refractivity (Wildman–Crippen MR) is 157 cm³/mol. The molecule has 1 aromatic heterocycles. The minimum Gasteiger partial charge on any atom is -0.457 e. The van der Waals surface area contributed by atoms with Crippen LogP contribution in [0.1, 0.15) is 54.1 Å². The molecule has 6 rings (SSSR count). The molecule has 0 radical (unpaired) electrons. The van der Waals surface area contributed by atoms with Crippen molar-refractivity contribution in [3.05, 3.63) is 114 Å². The number of aromatic amines is 1. The molecule has 2 fully saturated rings. The summed E-state index contributed by atoms with van der Waals surface area (Å²) in [5, 5.41) is 9.17. The maximum atomic E-state index is 14.3. The molecule has 0 bridgehead atoms. The van der Waals surface area contributed by atoms with Crippen LogP contribution in [0.5, 0.6) is 11.5 Å². The summed E-state index contributed by atoms with van der Waals surface area (Å²) in [6, 6.07) is 28.0. The monoisotopic (exact) mass is 545 g/mol. The summed E-state index contributed by atoms with van der Waals surface area (Å²) < 4.78 is 6.13. The summed E-state index contributed by atoms with van der Waals surface area (Å²) >= 11 is 0. The third kappa shape index (κ3) is 5.75. The molecule has 3 aromatic carbocycles. The average Bonchev–Trinajstić information content (AvgIpc) is 3.75. The molecule has 1 unspecified atom stereocenters. The fraction of sp³-hybridized carbons (Fsp3) is 0.324. The van der Waals surface area contributed by atoms with E-state index < -0.39 is 5.41 Å². The van der Waals surface area contributed by atoms with Crippen LogP contribution in [0.15, 0.2) is 91.4 Å². The molecule has 7 nitrogen and oxygen atoms in total. The van der Waals surface area contributed by atoms with E-state index in [-0.39, 0.29) is 11.9 Å². The van der Waals surface area contributed by atoms with Gasteiger partial charge in [-0.2, -0.15) is 5.26 Å². The smallest absolute Gasteiger partial charge is 0.233 e. The van der Waals surface area contributed by atoms with E-state index in [1.807, 2.05) is 72.9 Å². The third-order valence-electron chi connectivity index (χ3n) is 8.66. The van der Waals surface area contributed by atoms with E-state index >= 15 is 0 Å². The molecule has 1 aliphatic carbocycles. The van der Waals surface area contributed by atoms with Crippen LogP contribution in [-0.4, -0.2) is 51.9 Å². The second-order valence-electron chi connectivity index (χ2n) is 11.1. The lowest BCUT2D eigenvalue weighted by molar-refractivity contribution is -0.139. The zero-order chi connectivity index (χ0) is 28.1. The van der Waals surface area contributed by atoms with Gasteiger partial charge in [0.1, 0.15) is 11.5 Å². The second kappa shape index (κ2) is 12.0. The number of piperazine rings is 1. The Morgan fingerprint density at radius 1 is 0.951 bits per heavy atom. The molecule has 1 saturated carbocycles. The van der Waals surface area contributed by atoms with E-state index in [9.17, 15) is 4.79 Å². The first-order valence-electron chi connectivity index (χ1n) is 14.5. The zero-order valence-electron chi connectivity index (χ0n) is 23.2. The lowest BCUT2D eigenvalue weighted by Gasteiger charge is -2.42. The van der Waals surface area contributed by atoms with Crippen LogP contribution in [0.2, 0.25) is 0 Å². The Morgan fingerprint density at radius 3 is 2.37 bits per heavy atom. The van der Waals surface area contributed by atoms with Gasteiger partial charge in [-0.15, -0.1) is 0 Å². The first-order chi connectivity index (χ1) is 20.1. The highest BCUT2D eigenvalue weighted by molar-refractivity contribution is 5.89. The molecule has 1 aliphatic heterocycles. The van der Waals surface area contributed by atoms with E-state index in [1.54, 1.807) is 6.33 Å². The molecular formula is C34H35N5O2. The minimum absolute atomic E-state index is 0.120. The number of imidazole rings is 1. The lowest BCUT2D eigenvalue weighted by Crippen LogP contribution is -2.54. The van der Waals surface area contributed by atoms with Crippen molar-refractivity contribution < 1.29 is 9.53 Å². The number of nitrogens with zero attached hydrogens (tertiary/aromatic N) is 4. The standard InChI is InChI=1S/C34H35N5O2/c35-23-27-13-11-26(12-14-27)21-32(31-24-36-25-37-31)38-17-19-39(20-18-38)33(40)34(15-4-5-16-34)28-7-6-10-30(22-28)41-29-8-2-1-3-9-29/h1-3,6-14,22,24-25,32H,4-5,15-21H2,(H,36,37). The van der Waals surface area contributed by atoms with Crippen molar-refractivity contribution in [3.63, 3.8) is 0 Å². The topological polar surface area (TPSA) is 85.3 Å². The maximum Gasteiger partial charge on any atom is 0.233 e. The van der Waals surface area contributed by atoms with Gasteiger partial charge < -0.3 is 14.6 Å². The van der Waals surface area contributed by atoms with Gasteiger partial charge in [0.15, 0.2) is 0 Å². The summed E-state index contributed by atoms with van der Waals surface area (Å²) in [7, 11) is 0. The first-order valence-corrected chi connectivity index (χ1v) is 14.5. The van der Waals surface area contributed by atoms with Crippen LogP contribution in [0.25, 0.3) is 0 Å². The van der Waals surface area contributed by atoms with Crippen molar-refractivity contribution in [2.75, 3.05) is 26.2 Å². The fourth-order valence-corrected chi connectivity index (χ4v) is 6.45. The van der Waals surface area contributed by atoms with Crippen LogP contribution in [0.3, 0.4) is 0 Å². The van der Waals surface area contributed by atoms with Crippen LogP contribution in [0.4, 0.5) is 0 Å². The summed E-state index contributed by atoms with van der Waals surface area (Å²) in [5.74, 6) is 1.81. The Balaban J connectivity index is 1.17. The molecule has 1 amide bonds. The number of H-pyrrole nitrogens is 1. The van der Waals surface area contributed by atoms with E-state index in [0.29, 0.717) is 18.7 Å². The normalized spacial score (nSPS) is 17.6. The number of benzene rings is 3. The molecule has 208 valence electrons. The number of hydrogen-bond donors (Lipinski definition) is 1. The quantitative estimate of drug-likeness (QED) is 0.293. The molecule has 2 heterocycles. The molecule has 0 spiro atoms. The highest BCUT2D eigenvalue weighted by Crippen LogP contribution is 2.44. The fourth-order valence-electron chi connectivity index (χ4n) is 6.45. The molecule has 1 N–H and O–H groups in total. The molecule has 1 saturated heterocycles. The van der Waals surface area contributed by atoms with Gasteiger partial charge in [0.2, 0.25) is 5.91 Å². The van der Waals surface area contributed by atoms with E-state index in [2.05, 4.69) is 38.0 Å². The third-order valence-corrected chi connectivity index (χ3v) is 8.66. The summed E-state index contributed by atoms with van der Waals surface area (Å²) in [5.41, 5.74) is 3.47. The van der Waals surface area contributed by atoms with Gasteiger partial charge in [-0.05, 0) is 66.8 Å². The number of amides is 1. The van der Waals surface area contributed by atoms with Crippen LogP contribution >= 0.6 is 0 Å². The number of nitriles is 1. The Bertz CT molecular complexity index is 1480. The average molecular weight is 546 g/mol. The first kappa shape index (κ1) is 26.8. The van der Waals surface area contributed by atoms with Crippen LogP contribution < -0.4 is 4.74 Å². The minimum atomic E-state index is -0.497. The van der Waals surface area contributed by atoms with Crippen LogP contribution in [-0.2, 0) is 16.6 Å². The molecular weight excluding hydrogens is 510 g/mol. The van der Waals surface area contributed by atoms with Gasteiger partial charge in [-0.1, -0.05) is 55.3 Å². The van der Waals surface area contributed by atoms with Crippen LogP contribution in [0, 0.1) is 11.3 Å². The largest absolute Gasteiger partial charge is 0.457 e. The van der Waals surface area contributed by atoms with E-state index in [1.165, 1.54) is 5.56 Å². The number of rotatable bonds is 8. The molecule has 41 heavy (non-hydrogen) atoms. The number of carbonyl (C=O) groups excluding carboxylic acids is 1. The lowest BCUT2D eigenvalue weighted by atomic mass is 9.77. The number of aromatic nitrogens is 2. The van der Waals surface area contributed by atoms with Crippen molar-refractivity contribution in [3.8, 4) is 17.6 Å². The summed E-state index contributed by atoms with van der Waals surface area (Å²) in [4.78, 5) is 26.4. The van der Waals surface area contributed by atoms with Crippen molar-refractivity contribution in [1.29, 1.82) is 5.26 Å². The number of para-hydroxylation sites is 1. The van der Waals surface area contributed by atoms with Gasteiger partial charge in [0.05, 0.1) is 35.1 Å². The Kier molecular flexibility index (Phi) is 7.84. The predicted octanol–water partition coefficient (Wildman–Crippen LogP) is 6.01. The van der Waals surface area contributed by atoms with Gasteiger partial charge in [-0.3, -0.25) is 9.69 Å². The maximum absolute atomic E-state index is 14.3. The molecule has 4 aromatic rings. The number of nitrogens with one attached hydrogen (secondary N) is 1. The van der Waals surface area contributed by atoms with Crippen molar-refractivity contribution in [2.45, 2.75) is 43.6 Å². The van der Waals surface area contributed by atoms with E-state index in [4.69, 9.17) is 10.00 Å². The van der Waals surface area contributed by atoms with Crippen molar-refractivity contribution in [2.24, 2.45) is 0 Å². The molecule has 2 aliphatic rings. The van der Waals surface area contributed by atoms with E-state index in [0.717, 1.165) is 68.0 Å². The zero-order valence-corrected chi connectivity index (χ0v) is 23.2. The van der Waals surface area contributed by atoms with Gasteiger partial charge >= 0.3 is 0 Å². The van der Waals surface area contributed by atoms with Gasteiger partial charge in [0.25, 0.3) is 0 Å². The van der Waals surface area contributed by atoms with Crippen molar-refractivity contribution >= 4 is 5.91 Å². The SMILES string of the molecule is N#Cc1ccc(CC(c2cnc[nH]2)N2CCN(C(=O)C3(c4cccc(Oc5ccccc5)c4)CCCC3)CC2)cc1. The molecule has 1 atom stereocenters.